The Morgan fingerprint density at radius 1 is 1.09 bits per heavy atom. The van der Waals surface area contributed by atoms with Crippen molar-refractivity contribution in [3.05, 3.63) is 0 Å². The van der Waals surface area contributed by atoms with Gasteiger partial charge in [0, 0.05) is 5.92 Å². The van der Waals surface area contributed by atoms with Crippen molar-refractivity contribution < 1.29 is 19.7 Å². The summed E-state index contributed by atoms with van der Waals surface area (Å²) in [7, 11) is 0. The molecular formula is C7H10O4. The molecule has 0 radical (unpaired) electrons. The van der Waals surface area contributed by atoms with Gasteiger partial charge in [0.2, 0.25) is 0 Å². The average Bonchev–Trinajstić information content (AvgIpc) is 2.49. The zero-order valence-electron chi connectivity index (χ0n) is 5.88. The van der Waals surface area contributed by atoms with Crippen molar-refractivity contribution in [2.45, 2.75) is 30.5 Å². The Hall–Kier alpha value is -0.160. The smallest absolute Gasteiger partial charge is 0.109 e. The molecule has 2 saturated heterocycles. The van der Waals surface area contributed by atoms with Gasteiger partial charge >= 0.3 is 0 Å². The number of fused-ring (bicyclic) bond motifs is 1. The predicted octanol–water partition coefficient (Wildman–Crippen LogP) is -1.50. The molecule has 0 aromatic heterocycles. The summed E-state index contributed by atoms with van der Waals surface area (Å²) in [5.74, 6) is 0.363. The molecule has 3 fully saturated rings. The third kappa shape index (κ3) is 0.636. The minimum atomic E-state index is -0.770. The largest absolute Gasteiger partial charge is 0.388 e. The molecule has 11 heavy (non-hydrogen) atoms. The van der Waals surface area contributed by atoms with E-state index < -0.39 is 12.2 Å². The van der Waals surface area contributed by atoms with E-state index in [0.29, 0.717) is 5.92 Å². The first-order chi connectivity index (χ1) is 5.29. The summed E-state index contributed by atoms with van der Waals surface area (Å²) >= 11 is 0. The number of aliphatic hydroxyl groups is 2. The van der Waals surface area contributed by atoms with Gasteiger partial charge in [-0.05, 0) is 0 Å². The summed E-state index contributed by atoms with van der Waals surface area (Å²) in [5.41, 5.74) is 0. The molecule has 0 aromatic rings. The molecular weight excluding hydrogens is 148 g/mol. The lowest BCUT2D eigenvalue weighted by atomic mass is 10.0. The third-order valence-electron chi connectivity index (χ3n) is 2.83. The molecule has 0 spiro atoms. The molecule has 3 rings (SSSR count). The van der Waals surface area contributed by atoms with Crippen LogP contribution >= 0.6 is 0 Å². The Labute approximate surface area is 63.7 Å². The van der Waals surface area contributed by atoms with Crippen LogP contribution < -0.4 is 0 Å². The lowest BCUT2D eigenvalue weighted by molar-refractivity contribution is -0.168. The molecule has 1 saturated carbocycles. The summed E-state index contributed by atoms with van der Waals surface area (Å²) in [6.07, 6.45) is -1.30. The molecule has 4 heteroatoms. The van der Waals surface area contributed by atoms with Crippen molar-refractivity contribution in [2.24, 2.45) is 5.92 Å². The minimum Gasteiger partial charge on any atom is -0.388 e. The van der Waals surface area contributed by atoms with Crippen LogP contribution in [0.5, 0.6) is 0 Å². The van der Waals surface area contributed by atoms with Gasteiger partial charge in [-0.2, -0.15) is 0 Å². The molecule has 2 aliphatic heterocycles. The molecule has 62 valence electrons. The number of hydrogen-bond donors (Lipinski definition) is 2. The lowest BCUT2D eigenvalue weighted by Crippen LogP contribution is -2.47. The normalized spacial score (nSPS) is 66.0. The van der Waals surface area contributed by atoms with Crippen LogP contribution in [-0.2, 0) is 9.47 Å². The topological polar surface area (TPSA) is 58.9 Å². The quantitative estimate of drug-likeness (QED) is 0.450. The molecule has 6 unspecified atom stereocenters. The molecule has 2 N–H and O–H groups in total. The van der Waals surface area contributed by atoms with Gasteiger partial charge in [0.05, 0.1) is 24.9 Å². The van der Waals surface area contributed by atoms with E-state index in [9.17, 15) is 10.2 Å². The van der Waals surface area contributed by atoms with Crippen molar-refractivity contribution in [3.63, 3.8) is 0 Å². The van der Waals surface area contributed by atoms with Crippen molar-refractivity contribution in [1.82, 2.24) is 0 Å². The van der Waals surface area contributed by atoms with E-state index in [1.54, 1.807) is 0 Å². The zero-order chi connectivity index (χ0) is 7.59. The first kappa shape index (κ1) is 6.37. The van der Waals surface area contributed by atoms with Gasteiger partial charge in [0.1, 0.15) is 12.2 Å². The van der Waals surface area contributed by atoms with E-state index in [0.717, 1.165) is 0 Å². The Morgan fingerprint density at radius 3 is 2.73 bits per heavy atom. The first-order valence-corrected chi connectivity index (χ1v) is 3.92. The maximum absolute atomic E-state index is 9.41. The van der Waals surface area contributed by atoms with Crippen molar-refractivity contribution in [1.29, 1.82) is 0 Å². The van der Waals surface area contributed by atoms with Crippen molar-refractivity contribution in [3.8, 4) is 0 Å². The van der Waals surface area contributed by atoms with Crippen molar-refractivity contribution in [2.75, 3.05) is 6.61 Å². The number of hydrogen-bond acceptors (Lipinski definition) is 4. The molecule has 0 amide bonds. The molecule has 4 nitrogen and oxygen atoms in total. The Morgan fingerprint density at radius 2 is 1.91 bits per heavy atom. The van der Waals surface area contributed by atoms with Crippen LogP contribution in [0.25, 0.3) is 0 Å². The van der Waals surface area contributed by atoms with Crippen LogP contribution in [0.2, 0.25) is 0 Å². The summed E-state index contributed by atoms with van der Waals surface area (Å²) in [4.78, 5) is 0. The monoisotopic (exact) mass is 158 g/mol. The van der Waals surface area contributed by atoms with Crippen LogP contribution in [0.3, 0.4) is 0 Å². The second-order valence-electron chi connectivity index (χ2n) is 3.50. The standard InChI is InChI=1S/C7H10O4/c8-2-1-10-6-3-5(4(2)9)11-7(3)6/h2-9H,1H2. The fourth-order valence-electron chi connectivity index (χ4n) is 2.04. The second-order valence-corrected chi connectivity index (χ2v) is 3.50. The Balaban J connectivity index is 1.83. The molecule has 3 aliphatic rings. The van der Waals surface area contributed by atoms with Crippen LogP contribution in [0.4, 0.5) is 0 Å². The molecule has 6 atom stereocenters. The number of rotatable bonds is 0. The van der Waals surface area contributed by atoms with E-state index in [2.05, 4.69) is 0 Å². The summed E-state index contributed by atoms with van der Waals surface area (Å²) in [6, 6.07) is 0. The van der Waals surface area contributed by atoms with Gasteiger partial charge in [-0.15, -0.1) is 0 Å². The minimum absolute atomic E-state index is 0.159. The van der Waals surface area contributed by atoms with Crippen LogP contribution in [0, 0.1) is 5.92 Å². The highest BCUT2D eigenvalue weighted by molar-refractivity contribution is 5.17. The maximum atomic E-state index is 9.41. The fraction of sp³-hybridized carbons (Fsp3) is 1.00. The molecule has 2 heterocycles. The third-order valence-corrected chi connectivity index (χ3v) is 2.83. The highest BCUT2D eigenvalue weighted by Gasteiger charge is 2.70. The van der Waals surface area contributed by atoms with Crippen LogP contribution in [0.1, 0.15) is 0 Å². The average molecular weight is 158 g/mol. The Bertz CT molecular complexity index is 193. The van der Waals surface area contributed by atoms with Gasteiger partial charge in [0.25, 0.3) is 0 Å². The van der Waals surface area contributed by atoms with Crippen LogP contribution in [-0.4, -0.2) is 47.3 Å². The summed E-state index contributed by atoms with van der Waals surface area (Å²) < 4.78 is 10.5. The van der Waals surface area contributed by atoms with E-state index in [4.69, 9.17) is 9.47 Å². The zero-order valence-corrected chi connectivity index (χ0v) is 5.88. The summed E-state index contributed by atoms with van der Waals surface area (Å²) in [5, 5.41) is 18.6. The fourth-order valence-corrected chi connectivity index (χ4v) is 2.04. The van der Waals surface area contributed by atoms with Gasteiger partial charge < -0.3 is 19.7 Å². The predicted molar refractivity (Wildman–Crippen MR) is 33.9 cm³/mol. The van der Waals surface area contributed by atoms with Gasteiger partial charge in [0.15, 0.2) is 0 Å². The van der Waals surface area contributed by atoms with E-state index >= 15 is 0 Å². The maximum Gasteiger partial charge on any atom is 0.109 e. The first-order valence-electron chi connectivity index (χ1n) is 3.92. The number of ether oxygens (including phenoxy) is 2. The SMILES string of the molecule is OC1COC2C3OC(C1O)C23. The molecule has 0 bridgehead atoms. The Kier molecular flexibility index (Phi) is 1.02. The van der Waals surface area contributed by atoms with E-state index in [1.807, 2.05) is 0 Å². The van der Waals surface area contributed by atoms with Crippen LogP contribution in [0.15, 0.2) is 0 Å². The highest BCUT2D eigenvalue weighted by Crippen LogP contribution is 2.54. The van der Waals surface area contributed by atoms with Gasteiger partial charge in [-0.3, -0.25) is 0 Å². The highest BCUT2D eigenvalue weighted by atomic mass is 16.6. The van der Waals surface area contributed by atoms with Gasteiger partial charge in [-0.25, -0.2) is 0 Å². The summed E-state index contributed by atoms with van der Waals surface area (Å²) in [6.45, 7) is 0.249. The van der Waals surface area contributed by atoms with Gasteiger partial charge in [-0.1, -0.05) is 0 Å². The van der Waals surface area contributed by atoms with Crippen molar-refractivity contribution >= 4 is 0 Å². The number of aliphatic hydroxyl groups excluding tert-OH is 2. The molecule has 1 aliphatic carbocycles. The van der Waals surface area contributed by atoms with E-state index in [1.165, 1.54) is 0 Å². The molecule has 0 aromatic carbocycles. The second kappa shape index (κ2) is 1.77. The van der Waals surface area contributed by atoms with E-state index in [-0.39, 0.29) is 24.9 Å². The lowest BCUT2D eigenvalue weighted by Gasteiger charge is -2.31.